The lowest BCUT2D eigenvalue weighted by atomic mass is 9.94. The Morgan fingerprint density at radius 3 is 2.50 bits per heavy atom. The van der Waals surface area contributed by atoms with Gasteiger partial charge in [-0.3, -0.25) is 9.69 Å². The highest BCUT2D eigenvalue weighted by Crippen LogP contribution is 2.34. The van der Waals surface area contributed by atoms with E-state index in [-0.39, 0.29) is 24.9 Å². The SMILES string of the molecule is O=C(CN(CCO)C1CCCCC1)Nc1ccccc1C(F)(F)F. The second kappa shape index (κ2) is 8.48. The number of para-hydroxylation sites is 1. The Morgan fingerprint density at radius 1 is 1.21 bits per heavy atom. The zero-order valence-corrected chi connectivity index (χ0v) is 13.5. The van der Waals surface area contributed by atoms with Gasteiger partial charge in [0.05, 0.1) is 24.4 Å². The molecule has 0 saturated heterocycles. The van der Waals surface area contributed by atoms with E-state index in [1.807, 2.05) is 4.90 Å². The molecule has 7 heteroatoms. The quantitative estimate of drug-likeness (QED) is 0.833. The second-order valence-electron chi connectivity index (χ2n) is 6.08. The van der Waals surface area contributed by atoms with Crippen LogP contribution in [0.2, 0.25) is 0 Å². The molecule has 1 aromatic carbocycles. The summed E-state index contributed by atoms with van der Waals surface area (Å²) in [4.78, 5) is 14.1. The zero-order valence-electron chi connectivity index (χ0n) is 13.5. The van der Waals surface area contributed by atoms with Crippen molar-refractivity contribution in [2.45, 2.75) is 44.3 Å². The Kier molecular flexibility index (Phi) is 6.62. The maximum atomic E-state index is 13.0. The van der Waals surface area contributed by atoms with Crippen LogP contribution < -0.4 is 5.32 Å². The van der Waals surface area contributed by atoms with Crippen molar-refractivity contribution in [3.63, 3.8) is 0 Å². The van der Waals surface area contributed by atoms with E-state index in [4.69, 9.17) is 0 Å². The minimum atomic E-state index is -4.52. The summed E-state index contributed by atoms with van der Waals surface area (Å²) in [5.74, 6) is -0.495. The van der Waals surface area contributed by atoms with Gasteiger partial charge in [-0.15, -0.1) is 0 Å². The van der Waals surface area contributed by atoms with Crippen molar-refractivity contribution in [2.24, 2.45) is 0 Å². The fourth-order valence-corrected chi connectivity index (χ4v) is 3.18. The summed E-state index contributed by atoms with van der Waals surface area (Å²) in [5, 5.41) is 11.6. The van der Waals surface area contributed by atoms with Gasteiger partial charge in [-0.1, -0.05) is 31.4 Å². The number of aliphatic hydroxyl groups excluding tert-OH is 1. The maximum Gasteiger partial charge on any atom is 0.418 e. The van der Waals surface area contributed by atoms with E-state index in [2.05, 4.69) is 5.32 Å². The fourth-order valence-electron chi connectivity index (χ4n) is 3.18. The van der Waals surface area contributed by atoms with Gasteiger partial charge in [0.15, 0.2) is 0 Å². The molecule has 4 nitrogen and oxygen atoms in total. The van der Waals surface area contributed by atoms with Crippen molar-refractivity contribution >= 4 is 11.6 Å². The molecule has 1 amide bonds. The molecular weight excluding hydrogens is 321 g/mol. The van der Waals surface area contributed by atoms with Crippen LogP contribution in [-0.2, 0) is 11.0 Å². The van der Waals surface area contributed by atoms with Crippen LogP contribution >= 0.6 is 0 Å². The van der Waals surface area contributed by atoms with Crippen LogP contribution in [0, 0.1) is 0 Å². The third kappa shape index (κ3) is 5.21. The van der Waals surface area contributed by atoms with Gasteiger partial charge in [-0.25, -0.2) is 0 Å². The molecule has 1 fully saturated rings. The number of hydrogen-bond donors (Lipinski definition) is 2. The molecule has 2 rings (SSSR count). The first-order valence-corrected chi connectivity index (χ1v) is 8.23. The average Bonchev–Trinajstić information content (AvgIpc) is 2.55. The highest BCUT2D eigenvalue weighted by molar-refractivity contribution is 5.93. The Hall–Kier alpha value is -1.60. The van der Waals surface area contributed by atoms with E-state index in [1.165, 1.54) is 18.2 Å². The number of rotatable bonds is 6. The number of aliphatic hydroxyl groups is 1. The monoisotopic (exact) mass is 344 g/mol. The second-order valence-corrected chi connectivity index (χ2v) is 6.08. The number of nitrogens with zero attached hydrogens (tertiary/aromatic N) is 1. The van der Waals surface area contributed by atoms with Crippen LogP contribution in [0.1, 0.15) is 37.7 Å². The predicted molar refractivity (Wildman–Crippen MR) is 85.6 cm³/mol. The number of benzene rings is 1. The third-order valence-corrected chi connectivity index (χ3v) is 4.33. The van der Waals surface area contributed by atoms with Gasteiger partial charge in [0.1, 0.15) is 0 Å². The molecule has 0 aromatic heterocycles. The van der Waals surface area contributed by atoms with Crippen LogP contribution in [0.3, 0.4) is 0 Å². The third-order valence-electron chi connectivity index (χ3n) is 4.33. The number of carbonyl (C=O) groups is 1. The summed E-state index contributed by atoms with van der Waals surface area (Å²) < 4.78 is 38.9. The first-order chi connectivity index (χ1) is 11.4. The van der Waals surface area contributed by atoms with Crippen molar-refractivity contribution in [1.82, 2.24) is 4.90 Å². The summed E-state index contributed by atoms with van der Waals surface area (Å²) in [7, 11) is 0. The zero-order chi connectivity index (χ0) is 17.6. The number of hydrogen-bond acceptors (Lipinski definition) is 3. The molecular formula is C17H23F3N2O2. The summed E-state index contributed by atoms with van der Waals surface area (Å²) in [5.41, 5.74) is -1.09. The standard InChI is InChI=1S/C17H23F3N2O2/c18-17(19,20)14-8-4-5-9-15(14)21-16(24)12-22(10-11-23)13-6-2-1-3-7-13/h4-5,8-9,13,23H,1-3,6-7,10-12H2,(H,21,24). The molecule has 1 aliphatic carbocycles. The van der Waals surface area contributed by atoms with Gasteiger partial charge in [0.2, 0.25) is 5.91 Å². The number of alkyl halides is 3. The van der Waals surface area contributed by atoms with Gasteiger partial charge in [0, 0.05) is 12.6 Å². The van der Waals surface area contributed by atoms with E-state index in [1.54, 1.807) is 0 Å². The summed E-state index contributed by atoms with van der Waals surface area (Å²) in [6.45, 7) is 0.249. The number of anilines is 1. The van der Waals surface area contributed by atoms with E-state index in [9.17, 15) is 23.1 Å². The average molecular weight is 344 g/mol. The summed E-state index contributed by atoms with van der Waals surface area (Å²) in [6, 6.07) is 5.14. The molecule has 2 N–H and O–H groups in total. The normalized spacial score (nSPS) is 16.4. The van der Waals surface area contributed by atoms with Crippen LogP contribution in [0.25, 0.3) is 0 Å². The number of amides is 1. The van der Waals surface area contributed by atoms with E-state index in [0.29, 0.717) is 6.54 Å². The summed E-state index contributed by atoms with van der Waals surface area (Å²) >= 11 is 0. The summed E-state index contributed by atoms with van der Waals surface area (Å²) in [6.07, 6.45) is 0.696. The first kappa shape index (κ1) is 18.7. The molecule has 1 aliphatic rings. The maximum absolute atomic E-state index is 13.0. The minimum Gasteiger partial charge on any atom is -0.395 e. The van der Waals surface area contributed by atoms with Crippen molar-refractivity contribution in [3.05, 3.63) is 29.8 Å². The smallest absolute Gasteiger partial charge is 0.395 e. The van der Waals surface area contributed by atoms with E-state index in [0.717, 1.165) is 38.2 Å². The molecule has 1 saturated carbocycles. The molecule has 0 spiro atoms. The van der Waals surface area contributed by atoms with Crippen LogP contribution in [0.5, 0.6) is 0 Å². The molecule has 134 valence electrons. The van der Waals surface area contributed by atoms with Crippen LogP contribution in [-0.4, -0.2) is 41.7 Å². The van der Waals surface area contributed by atoms with Gasteiger partial charge in [-0.05, 0) is 25.0 Å². The van der Waals surface area contributed by atoms with Crippen molar-refractivity contribution in [2.75, 3.05) is 25.0 Å². The van der Waals surface area contributed by atoms with Crippen LogP contribution in [0.4, 0.5) is 18.9 Å². The molecule has 0 unspecified atom stereocenters. The van der Waals surface area contributed by atoms with Gasteiger partial charge < -0.3 is 10.4 Å². The lowest BCUT2D eigenvalue weighted by Gasteiger charge is -2.33. The number of carbonyl (C=O) groups excluding carboxylic acids is 1. The lowest BCUT2D eigenvalue weighted by molar-refractivity contribution is -0.137. The molecule has 0 radical (unpaired) electrons. The van der Waals surface area contributed by atoms with Crippen molar-refractivity contribution < 1.29 is 23.1 Å². The molecule has 1 aromatic rings. The van der Waals surface area contributed by atoms with Gasteiger partial charge in [-0.2, -0.15) is 13.2 Å². The van der Waals surface area contributed by atoms with Gasteiger partial charge >= 0.3 is 6.18 Å². The van der Waals surface area contributed by atoms with Crippen LogP contribution in [0.15, 0.2) is 24.3 Å². The Morgan fingerprint density at radius 2 is 1.88 bits per heavy atom. The predicted octanol–water partition coefficient (Wildman–Crippen LogP) is 3.27. The largest absolute Gasteiger partial charge is 0.418 e. The fraction of sp³-hybridized carbons (Fsp3) is 0.588. The van der Waals surface area contributed by atoms with Gasteiger partial charge in [0.25, 0.3) is 0 Å². The van der Waals surface area contributed by atoms with Crippen molar-refractivity contribution in [1.29, 1.82) is 0 Å². The first-order valence-electron chi connectivity index (χ1n) is 8.23. The van der Waals surface area contributed by atoms with E-state index < -0.39 is 17.6 Å². The molecule has 0 atom stereocenters. The molecule has 0 heterocycles. The molecule has 0 bridgehead atoms. The minimum absolute atomic E-state index is 0.0165. The Labute approximate surface area is 139 Å². The molecule has 24 heavy (non-hydrogen) atoms. The number of nitrogens with one attached hydrogen (secondary N) is 1. The lowest BCUT2D eigenvalue weighted by Crippen LogP contribution is -2.43. The Bertz CT molecular complexity index is 543. The highest BCUT2D eigenvalue weighted by Gasteiger charge is 2.33. The van der Waals surface area contributed by atoms with Crippen molar-refractivity contribution in [3.8, 4) is 0 Å². The Balaban J connectivity index is 2.03. The topological polar surface area (TPSA) is 52.6 Å². The molecule has 0 aliphatic heterocycles. The van der Waals surface area contributed by atoms with E-state index >= 15 is 0 Å². The highest BCUT2D eigenvalue weighted by atomic mass is 19.4. The number of halogens is 3.